The van der Waals surface area contributed by atoms with Crippen molar-refractivity contribution in [3.63, 3.8) is 0 Å². The molecule has 0 saturated carbocycles. The summed E-state index contributed by atoms with van der Waals surface area (Å²) in [5.41, 5.74) is 6.80. The third kappa shape index (κ3) is 3.29. The van der Waals surface area contributed by atoms with Crippen LogP contribution in [0.2, 0.25) is 0 Å². The second kappa shape index (κ2) is 6.83. The van der Waals surface area contributed by atoms with Crippen LogP contribution in [0.15, 0.2) is 48.5 Å². The van der Waals surface area contributed by atoms with Crippen LogP contribution < -0.4 is 10.5 Å². The number of nitrogens with two attached hydrogens (primary N) is 1. The molecule has 136 valence electrons. The lowest BCUT2D eigenvalue weighted by Gasteiger charge is -2.26. The minimum absolute atomic E-state index is 0.0593. The van der Waals surface area contributed by atoms with E-state index in [4.69, 9.17) is 10.5 Å². The van der Waals surface area contributed by atoms with Crippen LogP contribution in [0.25, 0.3) is 0 Å². The van der Waals surface area contributed by atoms with Gasteiger partial charge in [0, 0.05) is 6.54 Å². The summed E-state index contributed by atoms with van der Waals surface area (Å²) in [7, 11) is 0. The van der Waals surface area contributed by atoms with E-state index in [1.165, 1.54) is 5.56 Å². The number of carbonyl (C=O) groups excluding carboxylic acids is 2. The average Bonchev–Trinajstić information content (AvgIpc) is 2.93. The first kappa shape index (κ1) is 18.0. The van der Waals surface area contributed by atoms with Crippen molar-refractivity contribution in [3.8, 4) is 11.5 Å². The molecule has 1 heterocycles. The zero-order valence-electron chi connectivity index (χ0n) is 15.4. The molecule has 1 aliphatic rings. The Kier molecular flexibility index (Phi) is 4.72. The van der Waals surface area contributed by atoms with Crippen LogP contribution in [0, 0.1) is 6.92 Å². The standard InChI is InChI=1S/C21H24N2O3/c1-14-4-8-17(9-5-14)26-18-10-6-16(7-11-18)21(3)12-13-23(20(21)25)15(2)19(22)24/h4-11,15H,12-13H2,1-3H3,(H2,22,24). The lowest BCUT2D eigenvalue weighted by molar-refractivity contribution is -0.138. The van der Waals surface area contributed by atoms with Crippen LogP contribution in [-0.4, -0.2) is 29.3 Å². The topological polar surface area (TPSA) is 72.6 Å². The van der Waals surface area contributed by atoms with Gasteiger partial charge in [0.1, 0.15) is 17.5 Å². The van der Waals surface area contributed by atoms with Crippen molar-refractivity contribution in [1.29, 1.82) is 0 Å². The van der Waals surface area contributed by atoms with Gasteiger partial charge in [-0.2, -0.15) is 0 Å². The Balaban J connectivity index is 1.76. The van der Waals surface area contributed by atoms with E-state index in [2.05, 4.69) is 0 Å². The normalized spacial score (nSPS) is 20.9. The molecule has 2 atom stereocenters. The summed E-state index contributed by atoms with van der Waals surface area (Å²) >= 11 is 0. The Labute approximate surface area is 153 Å². The third-order valence-corrected chi connectivity index (χ3v) is 5.21. The summed E-state index contributed by atoms with van der Waals surface area (Å²) in [6.07, 6.45) is 0.654. The van der Waals surface area contributed by atoms with Crippen molar-refractivity contribution in [2.24, 2.45) is 5.73 Å². The van der Waals surface area contributed by atoms with Crippen molar-refractivity contribution < 1.29 is 14.3 Å². The van der Waals surface area contributed by atoms with Crippen LogP contribution in [0.1, 0.15) is 31.4 Å². The smallest absolute Gasteiger partial charge is 0.239 e. The fraction of sp³-hybridized carbons (Fsp3) is 0.333. The van der Waals surface area contributed by atoms with Crippen molar-refractivity contribution in [1.82, 2.24) is 4.90 Å². The van der Waals surface area contributed by atoms with Crippen LogP contribution in [0.5, 0.6) is 11.5 Å². The van der Waals surface area contributed by atoms with Crippen LogP contribution in [-0.2, 0) is 15.0 Å². The largest absolute Gasteiger partial charge is 0.457 e. The van der Waals surface area contributed by atoms with Gasteiger partial charge in [-0.3, -0.25) is 9.59 Å². The van der Waals surface area contributed by atoms with E-state index in [-0.39, 0.29) is 5.91 Å². The Bertz CT molecular complexity index is 814. The molecular weight excluding hydrogens is 328 g/mol. The van der Waals surface area contributed by atoms with E-state index in [9.17, 15) is 9.59 Å². The molecular formula is C21H24N2O3. The number of nitrogens with zero attached hydrogens (tertiary/aromatic N) is 1. The molecule has 1 aliphatic heterocycles. The summed E-state index contributed by atoms with van der Waals surface area (Å²) < 4.78 is 5.85. The fourth-order valence-corrected chi connectivity index (χ4v) is 3.29. The molecule has 3 rings (SSSR count). The fourth-order valence-electron chi connectivity index (χ4n) is 3.29. The molecule has 26 heavy (non-hydrogen) atoms. The lowest BCUT2D eigenvalue weighted by atomic mass is 9.81. The van der Waals surface area contributed by atoms with Crippen molar-refractivity contribution in [2.45, 2.75) is 38.6 Å². The molecule has 0 aliphatic carbocycles. The number of carbonyl (C=O) groups is 2. The molecule has 2 N–H and O–H groups in total. The predicted molar refractivity (Wildman–Crippen MR) is 100 cm³/mol. The minimum atomic E-state index is -0.647. The zero-order valence-corrected chi connectivity index (χ0v) is 15.4. The number of benzene rings is 2. The average molecular weight is 352 g/mol. The van der Waals surface area contributed by atoms with Gasteiger partial charge >= 0.3 is 0 Å². The number of hydrogen-bond acceptors (Lipinski definition) is 3. The highest BCUT2D eigenvalue weighted by molar-refractivity contribution is 5.94. The number of primary amides is 1. The van der Waals surface area contributed by atoms with Crippen molar-refractivity contribution in [3.05, 3.63) is 59.7 Å². The van der Waals surface area contributed by atoms with Crippen molar-refractivity contribution >= 4 is 11.8 Å². The third-order valence-electron chi connectivity index (χ3n) is 5.21. The number of likely N-dealkylation sites (tertiary alicyclic amines) is 1. The SMILES string of the molecule is Cc1ccc(Oc2ccc(C3(C)CCN(C(C)C(N)=O)C3=O)cc2)cc1. The van der Waals surface area contributed by atoms with Gasteiger partial charge in [-0.05, 0) is 57.0 Å². The highest BCUT2D eigenvalue weighted by Crippen LogP contribution is 2.37. The van der Waals surface area contributed by atoms with E-state index in [1.807, 2.05) is 62.4 Å². The van der Waals surface area contributed by atoms with Gasteiger partial charge in [0.25, 0.3) is 0 Å². The van der Waals surface area contributed by atoms with E-state index < -0.39 is 17.4 Å². The maximum Gasteiger partial charge on any atom is 0.239 e. The zero-order chi connectivity index (χ0) is 18.9. The van der Waals surface area contributed by atoms with E-state index >= 15 is 0 Å². The monoisotopic (exact) mass is 352 g/mol. The molecule has 5 nitrogen and oxygen atoms in total. The number of aryl methyl sites for hydroxylation is 1. The van der Waals surface area contributed by atoms with Crippen LogP contribution in [0.3, 0.4) is 0 Å². The van der Waals surface area contributed by atoms with Gasteiger partial charge in [-0.1, -0.05) is 29.8 Å². The minimum Gasteiger partial charge on any atom is -0.457 e. The number of rotatable bonds is 5. The van der Waals surface area contributed by atoms with Gasteiger partial charge in [-0.15, -0.1) is 0 Å². The van der Waals surface area contributed by atoms with Gasteiger partial charge in [0.15, 0.2) is 0 Å². The first-order valence-corrected chi connectivity index (χ1v) is 8.77. The Morgan fingerprint density at radius 1 is 1.12 bits per heavy atom. The molecule has 0 radical (unpaired) electrons. The highest BCUT2D eigenvalue weighted by Gasteiger charge is 2.46. The molecule has 1 fully saturated rings. The molecule has 2 aromatic rings. The molecule has 2 unspecified atom stereocenters. The lowest BCUT2D eigenvalue weighted by Crippen LogP contribution is -2.46. The molecule has 0 spiro atoms. The summed E-state index contributed by atoms with van der Waals surface area (Å²) in [4.78, 5) is 25.9. The molecule has 0 aromatic heterocycles. The van der Waals surface area contributed by atoms with Gasteiger partial charge in [0.2, 0.25) is 11.8 Å². The van der Waals surface area contributed by atoms with Gasteiger partial charge in [0.05, 0.1) is 5.41 Å². The molecule has 0 bridgehead atoms. The number of amides is 2. The van der Waals surface area contributed by atoms with Crippen LogP contribution in [0.4, 0.5) is 0 Å². The number of ether oxygens (including phenoxy) is 1. The van der Waals surface area contributed by atoms with Crippen LogP contribution >= 0.6 is 0 Å². The highest BCUT2D eigenvalue weighted by atomic mass is 16.5. The molecule has 5 heteroatoms. The van der Waals surface area contributed by atoms with E-state index in [0.717, 1.165) is 11.3 Å². The Morgan fingerprint density at radius 2 is 1.65 bits per heavy atom. The van der Waals surface area contributed by atoms with Gasteiger partial charge in [-0.25, -0.2) is 0 Å². The quantitative estimate of drug-likeness (QED) is 0.898. The first-order chi connectivity index (χ1) is 12.3. The second-order valence-corrected chi connectivity index (χ2v) is 7.10. The van der Waals surface area contributed by atoms with E-state index in [0.29, 0.717) is 18.7 Å². The maximum atomic E-state index is 12.9. The summed E-state index contributed by atoms with van der Waals surface area (Å²) in [5.74, 6) is 0.947. The second-order valence-electron chi connectivity index (χ2n) is 7.10. The Morgan fingerprint density at radius 3 is 2.19 bits per heavy atom. The molecule has 2 aromatic carbocycles. The summed E-state index contributed by atoms with van der Waals surface area (Å²) in [6, 6.07) is 14.8. The number of hydrogen-bond donors (Lipinski definition) is 1. The molecule has 2 amide bonds. The van der Waals surface area contributed by atoms with Gasteiger partial charge < -0.3 is 15.4 Å². The summed E-state index contributed by atoms with van der Waals surface area (Å²) in [5, 5.41) is 0. The summed E-state index contributed by atoms with van der Waals surface area (Å²) in [6.45, 7) is 6.14. The predicted octanol–water partition coefficient (Wildman–Crippen LogP) is 3.15. The Hall–Kier alpha value is -2.82. The first-order valence-electron chi connectivity index (χ1n) is 8.77. The van der Waals surface area contributed by atoms with E-state index in [1.54, 1.807) is 11.8 Å². The van der Waals surface area contributed by atoms with Crippen molar-refractivity contribution in [2.75, 3.05) is 6.54 Å². The maximum absolute atomic E-state index is 12.9. The molecule has 1 saturated heterocycles.